The molecule has 0 saturated heterocycles. The second-order valence-electron chi connectivity index (χ2n) is 6.56. The average molecular weight is 369 g/mol. The summed E-state index contributed by atoms with van der Waals surface area (Å²) in [6.07, 6.45) is 4.68. The van der Waals surface area contributed by atoms with Crippen LogP contribution in [0.5, 0.6) is 0 Å². The average Bonchev–Trinajstić information content (AvgIpc) is 3.16. The molecular formula is C21H24N2O2S. The number of rotatable bonds is 7. The van der Waals surface area contributed by atoms with Crippen molar-refractivity contribution < 1.29 is 9.59 Å². The Kier molecular flexibility index (Phi) is 6.72. The molecular weight excluding hydrogens is 344 g/mol. The quantitative estimate of drug-likeness (QED) is 0.769. The molecule has 5 heteroatoms. The molecule has 136 valence electrons. The fourth-order valence-electron chi connectivity index (χ4n) is 3.08. The number of para-hydroxylation sites is 1. The molecule has 2 aromatic carbocycles. The van der Waals surface area contributed by atoms with E-state index in [1.54, 1.807) is 11.8 Å². The van der Waals surface area contributed by atoms with Gasteiger partial charge in [0.2, 0.25) is 5.91 Å². The third-order valence-electron chi connectivity index (χ3n) is 4.47. The Labute approximate surface area is 158 Å². The number of benzene rings is 2. The zero-order valence-corrected chi connectivity index (χ0v) is 15.6. The highest BCUT2D eigenvalue weighted by Crippen LogP contribution is 2.18. The Bertz CT molecular complexity index is 725. The van der Waals surface area contributed by atoms with Crippen molar-refractivity contribution in [3.8, 4) is 0 Å². The topological polar surface area (TPSA) is 58.2 Å². The monoisotopic (exact) mass is 368 g/mol. The normalized spacial score (nSPS) is 14.2. The zero-order chi connectivity index (χ0) is 18.2. The van der Waals surface area contributed by atoms with E-state index in [0.717, 1.165) is 29.8 Å². The van der Waals surface area contributed by atoms with Crippen molar-refractivity contribution in [2.24, 2.45) is 0 Å². The summed E-state index contributed by atoms with van der Waals surface area (Å²) in [7, 11) is 0. The van der Waals surface area contributed by atoms with E-state index in [-0.39, 0.29) is 11.8 Å². The number of hydrogen-bond acceptors (Lipinski definition) is 3. The number of thioether (sulfide) groups is 1. The molecule has 0 unspecified atom stereocenters. The molecule has 0 aromatic heterocycles. The third kappa shape index (κ3) is 5.63. The number of carbonyl (C=O) groups excluding carboxylic acids is 2. The first-order chi connectivity index (χ1) is 12.7. The number of anilines is 1. The predicted molar refractivity (Wildman–Crippen MR) is 107 cm³/mol. The van der Waals surface area contributed by atoms with Gasteiger partial charge in [-0.15, -0.1) is 11.8 Å². The number of nitrogens with one attached hydrogen (secondary N) is 2. The van der Waals surface area contributed by atoms with Gasteiger partial charge in [-0.2, -0.15) is 0 Å². The molecule has 0 bridgehead atoms. The highest BCUT2D eigenvalue weighted by atomic mass is 32.2. The molecule has 0 radical (unpaired) electrons. The van der Waals surface area contributed by atoms with E-state index in [1.165, 1.54) is 12.8 Å². The first-order valence-electron chi connectivity index (χ1n) is 9.03. The second-order valence-corrected chi connectivity index (χ2v) is 7.54. The van der Waals surface area contributed by atoms with E-state index in [0.29, 0.717) is 17.4 Å². The standard InChI is InChI=1S/C21H24N2O2S/c24-20(22-18-8-4-5-9-18)15-26-14-16-10-12-17(13-11-16)21(25)23-19-6-2-1-3-7-19/h1-3,6-7,10-13,18H,4-5,8-9,14-15H2,(H,22,24)(H,23,25). The smallest absolute Gasteiger partial charge is 0.255 e. The molecule has 3 rings (SSSR count). The Balaban J connectivity index is 1.42. The largest absolute Gasteiger partial charge is 0.353 e. The maximum atomic E-state index is 12.2. The van der Waals surface area contributed by atoms with Crippen molar-refractivity contribution in [2.45, 2.75) is 37.5 Å². The van der Waals surface area contributed by atoms with Gasteiger partial charge in [0.25, 0.3) is 5.91 Å². The summed E-state index contributed by atoms with van der Waals surface area (Å²) >= 11 is 1.60. The molecule has 0 heterocycles. The van der Waals surface area contributed by atoms with Gasteiger partial charge in [-0.3, -0.25) is 9.59 Å². The van der Waals surface area contributed by atoms with Crippen LogP contribution in [0.4, 0.5) is 5.69 Å². The van der Waals surface area contributed by atoms with Gasteiger partial charge in [0.05, 0.1) is 5.75 Å². The Morgan fingerprint density at radius 2 is 1.65 bits per heavy atom. The second kappa shape index (κ2) is 9.43. The highest BCUT2D eigenvalue weighted by Gasteiger charge is 2.16. The van der Waals surface area contributed by atoms with Crippen molar-refractivity contribution in [3.63, 3.8) is 0 Å². The summed E-state index contributed by atoms with van der Waals surface area (Å²) in [6, 6.07) is 17.3. The van der Waals surface area contributed by atoms with Crippen LogP contribution in [0.15, 0.2) is 54.6 Å². The first-order valence-corrected chi connectivity index (χ1v) is 10.2. The van der Waals surface area contributed by atoms with Crippen LogP contribution in [0.1, 0.15) is 41.6 Å². The molecule has 0 atom stereocenters. The molecule has 1 aliphatic rings. The predicted octanol–water partition coefficient (Wildman–Crippen LogP) is 4.23. The van der Waals surface area contributed by atoms with Crippen molar-refractivity contribution in [1.29, 1.82) is 0 Å². The molecule has 1 fully saturated rings. The maximum Gasteiger partial charge on any atom is 0.255 e. The minimum absolute atomic E-state index is 0.119. The highest BCUT2D eigenvalue weighted by molar-refractivity contribution is 7.99. The van der Waals surface area contributed by atoms with E-state index < -0.39 is 0 Å². The molecule has 1 saturated carbocycles. The van der Waals surface area contributed by atoms with E-state index in [2.05, 4.69) is 10.6 Å². The fraction of sp³-hybridized carbons (Fsp3) is 0.333. The van der Waals surface area contributed by atoms with Crippen LogP contribution in [-0.4, -0.2) is 23.6 Å². The molecule has 2 N–H and O–H groups in total. The summed E-state index contributed by atoms with van der Waals surface area (Å²) in [5.41, 5.74) is 2.52. The van der Waals surface area contributed by atoms with E-state index in [4.69, 9.17) is 0 Å². The fourth-order valence-corrected chi connectivity index (χ4v) is 3.88. The lowest BCUT2D eigenvalue weighted by Gasteiger charge is -2.11. The molecule has 1 aliphatic carbocycles. The van der Waals surface area contributed by atoms with Gasteiger partial charge in [0, 0.05) is 23.0 Å². The van der Waals surface area contributed by atoms with E-state index in [9.17, 15) is 9.59 Å². The van der Waals surface area contributed by atoms with Crippen LogP contribution in [0.25, 0.3) is 0 Å². The van der Waals surface area contributed by atoms with Crippen molar-refractivity contribution in [2.75, 3.05) is 11.1 Å². The Hall–Kier alpha value is -2.27. The molecule has 0 aliphatic heterocycles. The van der Waals surface area contributed by atoms with Gasteiger partial charge in [-0.1, -0.05) is 43.2 Å². The van der Waals surface area contributed by atoms with Gasteiger partial charge >= 0.3 is 0 Å². The summed E-state index contributed by atoms with van der Waals surface area (Å²) in [5, 5.41) is 5.97. The summed E-state index contributed by atoms with van der Waals surface area (Å²) in [5.74, 6) is 1.25. The molecule has 0 spiro atoms. The minimum Gasteiger partial charge on any atom is -0.353 e. The number of carbonyl (C=O) groups is 2. The zero-order valence-electron chi connectivity index (χ0n) is 14.7. The lowest BCUT2D eigenvalue weighted by molar-refractivity contribution is -0.119. The third-order valence-corrected chi connectivity index (χ3v) is 5.47. The summed E-state index contributed by atoms with van der Waals surface area (Å²) in [4.78, 5) is 24.1. The van der Waals surface area contributed by atoms with E-state index >= 15 is 0 Å². The lowest BCUT2D eigenvalue weighted by atomic mass is 10.1. The number of amides is 2. The van der Waals surface area contributed by atoms with Crippen LogP contribution in [-0.2, 0) is 10.5 Å². The molecule has 2 aromatic rings. The van der Waals surface area contributed by atoms with Crippen LogP contribution in [0, 0.1) is 0 Å². The van der Waals surface area contributed by atoms with Crippen LogP contribution < -0.4 is 10.6 Å². The van der Waals surface area contributed by atoms with Crippen LogP contribution >= 0.6 is 11.8 Å². The van der Waals surface area contributed by atoms with Crippen molar-refractivity contribution in [3.05, 3.63) is 65.7 Å². The minimum atomic E-state index is -0.119. The Morgan fingerprint density at radius 1 is 0.962 bits per heavy atom. The molecule has 4 nitrogen and oxygen atoms in total. The Morgan fingerprint density at radius 3 is 2.35 bits per heavy atom. The maximum absolute atomic E-state index is 12.2. The van der Waals surface area contributed by atoms with Gasteiger partial charge in [-0.05, 0) is 42.7 Å². The van der Waals surface area contributed by atoms with Crippen molar-refractivity contribution in [1.82, 2.24) is 5.32 Å². The summed E-state index contributed by atoms with van der Waals surface area (Å²) in [6.45, 7) is 0. The SMILES string of the molecule is O=C(CSCc1ccc(C(=O)Nc2ccccc2)cc1)NC1CCCC1. The van der Waals surface area contributed by atoms with Crippen LogP contribution in [0.2, 0.25) is 0 Å². The van der Waals surface area contributed by atoms with E-state index in [1.807, 2.05) is 54.6 Å². The van der Waals surface area contributed by atoms with Gasteiger partial charge < -0.3 is 10.6 Å². The summed E-state index contributed by atoms with van der Waals surface area (Å²) < 4.78 is 0. The first kappa shape index (κ1) is 18.5. The number of hydrogen-bond donors (Lipinski definition) is 2. The van der Waals surface area contributed by atoms with Crippen molar-refractivity contribution >= 4 is 29.3 Å². The van der Waals surface area contributed by atoms with Gasteiger partial charge in [0.1, 0.15) is 0 Å². The van der Waals surface area contributed by atoms with Gasteiger partial charge in [-0.25, -0.2) is 0 Å². The lowest BCUT2D eigenvalue weighted by Crippen LogP contribution is -2.33. The molecule has 2 amide bonds. The van der Waals surface area contributed by atoms with Gasteiger partial charge in [0.15, 0.2) is 0 Å². The van der Waals surface area contributed by atoms with Crippen LogP contribution in [0.3, 0.4) is 0 Å². The molecule has 26 heavy (non-hydrogen) atoms.